The molecule has 7 nitrogen and oxygen atoms in total. The van der Waals surface area contributed by atoms with E-state index in [0.29, 0.717) is 29.4 Å². The lowest BCUT2D eigenvalue weighted by Crippen LogP contribution is -2.44. The number of hydrogen-bond donors (Lipinski definition) is 2. The molecule has 2 aromatic heterocycles. The lowest BCUT2D eigenvalue weighted by Gasteiger charge is -2.31. The highest BCUT2D eigenvalue weighted by Gasteiger charge is 2.45. The van der Waals surface area contributed by atoms with Crippen molar-refractivity contribution in [1.82, 2.24) is 14.9 Å². The molecule has 0 amide bonds. The number of benzene rings is 1. The van der Waals surface area contributed by atoms with Crippen molar-refractivity contribution in [1.29, 1.82) is 0 Å². The summed E-state index contributed by atoms with van der Waals surface area (Å²) in [6.07, 6.45) is 0.943. The number of carbonyl (C=O) groups excluding carboxylic acids is 1. The molecule has 0 saturated heterocycles. The van der Waals surface area contributed by atoms with Crippen LogP contribution in [-0.2, 0) is 34.7 Å². The molecular weight excluding hydrogens is 406 g/mol. The lowest BCUT2D eigenvalue weighted by molar-refractivity contribution is -0.172. The van der Waals surface area contributed by atoms with E-state index in [0.717, 1.165) is 35.1 Å². The molecule has 0 unspecified atom stereocenters. The predicted octanol–water partition coefficient (Wildman–Crippen LogP) is 2.62. The van der Waals surface area contributed by atoms with E-state index >= 15 is 0 Å². The number of fused-ring (bicyclic) bond motifs is 5. The van der Waals surface area contributed by atoms with Gasteiger partial charge in [0.1, 0.15) is 6.61 Å². The van der Waals surface area contributed by atoms with Gasteiger partial charge < -0.3 is 19.7 Å². The minimum atomic E-state index is -1.81. The number of nitrogens with zero attached hydrogens (tertiary/aromatic N) is 2. The molecule has 5 rings (SSSR count). The van der Waals surface area contributed by atoms with E-state index in [1.165, 1.54) is 5.56 Å². The van der Waals surface area contributed by atoms with Crippen LogP contribution in [0, 0.1) is 0 Å². The van der Waals surface area contributed by atoms with Crippen LogP contribution in [0.25, 0.3) is 22.3 Å². The van der Waals surface area contributed by atoms with Crippen LogP contribution < -0.4 is 10.9 Å². The number of nitrogens with one attached hydrogen (secondary N) is 1. The average molecular weight is 434 g/mol. The van der Waals surface area contributed by atoms with Gasteiger partial charge in [-0.1, -0.05) is 39.0 Å². The Kier molecular flexibility index (Phi) is 4.91. The standard InChI is InChI=1S/C25H27N3O4/c1-4-25(31)19-11-21-22-17(12-28(21)23(29)18(19)13-32-24(25)30)15(9-10-26-14(2)3)16-7-5-6-8-20(16)27-22/h5-8,11,14,26,31H,4,9-10,12-13H2,1-3H3/t25-/m1/s1. The van der Waals surface area contributed by atoms with Gasteiger partial charge in [0.15, 0.2) is 5.60 Å². The topological polar surface area (TPSA) is 93.5 Å². The van der Waals surface area contributed by atoms with Crippen LogP contribution in [-0.4, -0.2) is 33.2 Å². The summed E-state index contributed by atoms with van der Waals surface area (Å²) in [7, 11) is 0. The van der Waals surface area contributed by atoms with Crippen molar-refractivity contribution in [2.45, 2.75) is 58.4 Å². The third-order valence-electron chi connectivity index (χ3n) is 6.64. The van der Waals surface area contributed by atoms with Crippen molar-refractivity contribution in [2.24, 2.45) is 0 Å². The van der Waals surface area contributed by atoms with Gasteiger partial charge in [-0.15, -0.1) is 0 Å². The molecule has 2 aliphatic heterocycles. The Labute approximate surface area is 186 Å². The number of pyridine rings is 2. The molecule has 4 heterocycles. The van der Waals surface area contributed by atoms with Crippen molar-refractivity contribution < 1.29 is 14.6 Å². The molecule has 7 heteroatoms. The maximum absolute atomic E-state index is 13.4. The van der Waals surface area contributed by atoms with Gasteiger partial charge in [-0.25, -0.2) is 9.78 Å². The first-order valence-corrected chi connectivity index (χ1v) is 11.2. The van der Waals surface area contributed by atoms with E-state index in [4.69, 9.17) is 9.72 Å². The maximum atomic E-state index is 13.4. The summed E-state index contributed by atoms with van der Waals surface area (Å²) in [4.78, 5) is 30.7. The fourth-order valence-corrected chi connectivity index (χ4v) is 4.88. The maximum Gasteiger partial charge on any atom is 0.343 e. The van der Waals surface area contributed by atoms with E-state index in [1.807, 2.05) is 18.2 Å². The molecule has 0 bridgehead atoms. The van der Waals surface area contributed by atoms with Gasteiger partial charge in [-0.3, -0.25) is 4.79 Å². The molecule has 32 heavy (non-hydrogen) atoms. The van der Waals surface area contributed by atoms with Gasteiger partial charge in [-0.2, -0.15) is 0 Å². The number of cyclic esters (lactones) is 1. The number of aromatic nitrogens is 2. The number of ether oxygens (including phenoxy) is 1. The Morgan fingerprint density at radius 3 is 2.78 bits per heavy atom. The number of para-hydroxylation sites is 1. The quantitative estimate of drug-likeness (QED) is 0.470. The van der Waals surface area contributed by atoms with Crippen molar-refractivity contribution in [3.8, 4) is 11.4 Å². The van der Waals surface area contributed by atoms with Crippen LogP contribution in [0.2, 0.25) is 0 Å². The van der Waals surface area contributed by atoms with E-state index in [2.05, 4.69) is 25.2 Å². The zero-order valence-corrected chi connectivity index (χ0v) is 18.6. The van der Waals surface area contributed by atoms with Gasteiger partial charge in [0, 0.05) is 22.6 Å². The first-order chi connectivity index (χ1) is 15.3. The number of rotatable bonds is 5. The fourth-order valence-electron chi connectivity index (χ4n) is 4.88. The van der Waals surface area contributed by atoms with E-state index in [9.17, 15) is 14.7 Å². The molecule has 3 aromatic rings. The molecule has 0 spiro atoms. The first-order valence-electron chi connectivity index (χ1n) is 11.2. The summed E-state index contributed by atoms with van der Waals surface area (Å²) in [6.45, 7) is 7.07. The highest BCUT2D eigenvalue weighted by molar-refractivity contribution is 5.89. The van der Waals surface area contributed by atoms with Crippen LogP contribution in [0.4, 0.5) is 0 Å². The fraction of sp³-hybridized carbons (Fsp3) is 0.400. The van der Waals surface area contributed by atoms with Crippen LogP contribution in [0.15, 0.2) is 35.1 Å². The molecule has 2 N–H and O–H groups in total. The van der Waals surface area contributed by atoms with Gasteiger partial charge in [-0.05, 0) is 37.1 Å². The molecule has 0 aliphatic carbocycles. The van der Waals surface area contributed by atoms with Gasteiger partial charge in [0.25, 0.3) is 5.56 Å². The van der Waals surface area contributed by atoms with E-state index in [1.54, 1.807) is 17.6 Å². The Balaban J connectivity index is 1.72. The molecule has 0 fully saturated rings. The molecule has 0 saturated carbocycles. The second-order valence-corrected chi connectivity index (χ2v) is 8.90. The van der Waals surface area contributed by atoms with Crippen LogP contribution >= 0.6 is 0 Å². The van der Waals surface area contributed by atoms with E-state index < -0.39 is 11.6 Å². The Bertz CT molecular complexity index is 1310. The third-order valence-corrected chi connectivity index (χ3v) is 6.64. The average Bonchev–Trinajstić information content (AvgIpc) is 3.15. The van der Waals surface area contributed by atoms with Crippen molar-refractivity contribution in [3.05, 3.63) is 62.9 Å². The summed E-state index contributed by atoms with van der Waals surface area (Å²) < 4.78 is 6.86. The first kappa shape index (κ1) is 20.8. The minimum absolute atomic E-state index is 0.119. The highest BCUT2D eigenvalue weighted by atomic mass is 16.6. The Morgan fingerprint density at radius 2 is 2.03 bits per heavy atom. The highest BCUT2D eigenvalue weighted by Crippen LogP contribution is 2.40. The van der Waals surface area contributed by atoms with Gasteiger partial charge >= 0.3 is 5.97 Å². The van der Waals surface area contributed by atoms with Gasteiger partial charge in [0.2, 0.25) is 0 Å². The normalized spacial score (nSPS) is 19.1. The lowest BCUT2D eigenvalue weighted by atomic mass is 9.86. The molecule has 1 aromatic carbocycles. The summed E-state index contributed by atoms with van der Waals surface area (Å²) in [6, 6.07) is 10.2. The molecule has 1 atom stereocenters. The zero-order valence-electron chi connectivity index (χ0n) is 18.6. The molecule has 2 aliphatic rings. The second-order valence-electron chi connectivity index (χ2n) is 8.90. The predicted molar refractivity (Wildman–Crippen MR) is 121 cm³/mol. The Morgan fingerprint density at radius 1 is 1.25 bits per heavy atom. The number of esters is 1. The minimum Gasteiger partial charge on any atom is -0.458 e. The second kappa shape index (κ2) is 7.53. The molecular formula is C25H27N3O4. The van der Waals surface area contributed by atoms with E-state index in [-0.39, 0.29) is 18.6 Å². The molecule has 166 valence electrons. The van der Waals surface area contributed by atoms with Crippen LogP contribution in [0.1, 0.15) is 49.4 Å². The SMILES string of the molecule is CC[C@]1(O)C(=O)OCc2c1cc1n(c2=O)Cc2c-1nc1ccccc1c2CCNC(C)C. The van der Waals surface area contributed by atoms with Crippen LogP contribution in [0.5, 0.6) is 0 Å². The van der Waals surface area contributed by atoms with Gasteiger partial charge in [0.05, 0.1) is 29.0 Å². The third kappa shape index (κ3) is 2.99. The number of carbonyl (C=O) groups is 1. The van der Waals surface area contributed by atoms with Crippen molar-refractivity contribution in [3.63, 3.8) is 0 Å². The zero-order chi connectivity index (χ0) is 22.6. The number of aliphatic hydroxyl groups is 1. The van der Waals surface area contributed by atoms with Crippen molar-refractivity contribution in [2.75, 3.05) is 6.54 Å². The summed E-state index contributed by atoms with van der Waals surface area (Å²) in [5, 5.41) is 15.6. The number of hydrogen-bond acceptors (Lipinski definition) is 6. The summed E-state index contributed by atoms with van der Waals surface area (Å²) in [5.74, 6) is -0.706. The smallest absolute Gasteiger partial charge is 0.343 e. The van der Waals surface area contributed by atoms with Crippen molar-refractivity contribution >= 4 is 16.9 Å². The monoisotopic (exact) mass is 433 g/mol. The summed E-state index contributed by atoms with van der Waals surface area (Å²) >= 11 is 0. The Hall–Kier alpha value is -3.03. The summed E-state index contributed by atoms with van der Waals surface area (Å²) in [5.41, 5.74) is 3.12. The largest absolute Gasteiger partial charge is 0.458 e. The molecule has 0 radical (unpaired) electrons. The van der Waals surface area contributed by atoms with Crippen LogP contribution in [0.3, 0.4) is 0 Å².